The molecule has 2 fully saturated rings. The van der Waals surface area contributed by atoms with Gasteiger partial charge in [0.1, 0.15) is 17.3 Å². The molecule has 2 heterocycles. The van der Waals surface area contributed by atoms with Gasteiger partial charge in [-0.3, -0.25) is 9.69 Å². The van der Waals surface area contributed by atoms with Gasteiger partial charge in [-0.1, -0.05) is 5.92 Å². The molecule has 1 N–H and O–H groups in total. The van der Waals surface area contributed by atoms with Crippen LogP contribution >= 0.6 is 0 Å². The summed E-state index contributed by atoms with van der Waals surface area (Å²) in [6.07, 6.45) is 7.47. The van der Waals surface area contributed by atoms with E-state index in [0.717, 1.165) is 25.2 Å². The third kappa shape index (κ3) is 3.15. The molecule has 1 aromatic carbocycles. The van der Waals surface area contributed by atoms with E-state index in [0.29, 0.717) is 19.1 Å². The van der Waals surface area contributed by atoms with Gasteiger partial charge in [-0.2, -0.15) is 0 Å². The molecule has 2 aliphatic heterocycles. The monoisotopic (exact) mass is 319 g/mol. The summed E-state index contributed by atoms with van der Waals surface area (Å²) in [4.78, 5) is 16.3. The van der Waals surface area contributed by atoms with Crippen molar-refractivity contribution in [2.45, 2.75) is 18.9 Å². The third-order valence-corrected chi connectivity index (χ3v) is 4.46. The molecule has 0 spiro atoms. The van der Waals surface area contributed by atoms with Crippen LogP contribution in [0, 0.1) is 24.0 Å². The van der Waals surface area contributed by atoms with Crippen LogP contribution in [0.2, 0.25) is 0 Å². The zero-order valence-corrected chi connectivity index (χ0v) is 12.8. The van der Waals surface area contributed by atoms with Gasteiger partial charge >= 0.3 is 0 Å². The van der Waals surface area contributed by atoms with Gasteiger partial charge in [0, 0.05) is 24.7 Å². The van der Waals surface area contributed by atoms with E-state index in [9.17, 15) is 13.6 Å². The van der Waals surface area contributed by atoms with Crippen molar-refractivity contribution < 1.29 is 13.6 Å². The minimum absolute atomic E-state index is 0.0186. The molecule has 0 aliphatic carbocycles. The summed E-state index contributed by atoms with van der Waals surface area (Å²) in [6.45, 7) is 3.42. The summed E-state index contributed by atoms with van der Waals surface area (Å²) < 4.78 is 27.9. The number of carbonyl (C=O) groups is 1. The molecule has 2 saturated heterocycles. The summed E-state index contributed by atoms with van der Waals surface area (Å²) in [6, 6.07) is 2.51. The first-order chi connectivity index (χ1) is 11.1. The Morgan fingerprint density at radius 2 is 1.87 bits per heavy atom. The molecule has 23 heavy (non-hydrogen) atoms. The number of anilines is 1. The van der Waals surface area contributed by atoms with Gasteiger partial charge in [-0.05, 0) is 38.1 Å². The number of hydrogen-bond acceptors (Lipinski definition) is 3. The summed E-state index contributed by atoms with van der Waals surface area (Å²) in [7, 11) is 0. The van der Waals surface area contributed by atoms with E-state index in [1.54, 1.807) is 4.90 Å². The number of halogens is 2. The first kappa shape index (κ1) is 15.8. The standard InChI is InChI=1S/C17H19F2N3O/c1-2-5-20-16-14(18)8-12(9-15(16)19)17(23)22-10-13(11-22)21-6-3-4-7-21/h1,8-9,13,20H,3-7,10-11H2. The summed E-state index contributed by atoms with van der Waals surface area (Å²) in [5.41, 5.74) is -0.260. The van der Waals surface area contributed by atoms with Gasteiger partial charge in [0.15, 0.2) is 0 Å². The SMILES string of the molecule is C#CCNc1c(F)cc(C(=O)N2CC(N3CCCC3)C2)cc1F. The number of rotatable bonds is 4. The molecule has 1 aromatic rings. The van der Waals surface area contributed by atoms with Crippen LogP contribution in [0.15, 0.2) is 12.1 Å². The Hall–Kier alpha value is -2.13. The summed E-state index contributed by atoms with van der Waals surface area (Å²) >= 11 is 0. The van der Waals surface area contributed by atoms with Gasteiger partial charge in [0.25, 0.3) is 5.91 Å². The fourth-order valence-electron chi connectivity index (χ4n) is 3.15. The van der Waals surface area contributed by atoms with Crippen LogP contribution in [0.4, 0.5) is 14.5 Å². The van der Waals surface area contributed by atoms with Crippen molar-refractivity contribution in [3.8, 4) is 12.3 Å². The molecule has 0 unspecified atom stereocenters. The summed E-state index contributed by atoms with van der Waals surface area (Å²) in [5, 5.41) is 2.48. The van der Waals surface area contributed by atoms with E-state index in [4.69, 9.17) is 6.42 Å². The second-order valence-corrected chi connectivity index (χ2v) is 5.98. The van der Waals surface area contributed by atoms with Crippen LogP contribution < -0.4 is 5.32 Å². The Morgan fingerprint density at radius 3 is 2.43 bits per heavy atom. The average Bonchev–Trinajstić information content (AvgIpc) is 2.98. The zero-order valence-electron chi connectivity index (χ0n) is 12.8. The van der Waals surface area contributed by atoms with E-state index in [1.807, 2.05) is 0 Å². The van der Waals surface area contributed by atoms with Crippen molar-refractivity contribution in [1.29, 1.82) is 0 Å². The Balaban J connectivity index is 1.65. The van der Waals surface area contributed by atoms with E-state index in [-0.39, 0.29) is 23.7 Å². The number of likely N-dealkylation sites (tertiary alicyclic amines) is 2. The molecule has 6 heteroatoms. The second kappa shape index (κ2) is 6.55. The smallest absolute Gasteiger partial charge is 0.254 e. The highest BCUT2D eigenvalue weighted by Crippen LogP contribution is 2.25. The van der Waals surface area contributed by atoms with Gasteiger partial charge < -0.3 is 10.2 Å². The molecule has 1 amide bonds. The van der Waals surface area contributed by atoms with Crippen molar-refractivity contribution in [1.82, 2.24) is 9.80 Å². The van der Waals surface area contributed by atoms with Crippen molar-refractivity contribution in [3.05, 3.63) is 29.3 Å². The van der Waals surface area contributed by atoms with Crippen LogP contribution in [0.5, 0.6) is 0 Å². The fourth-order valence-corrected chi connectivity index (χ4v) is 3.15. The predicted octanol–water partition coefficient (Wildman–Crippen LogP) is 1.93. The number of nitrogens with one attached hydrogen (secondary N) is 1. The number of nitrogens with zero attached hydrogens (tertiary/aromatic N) is 2. The largest absolute Gasteiger partial charge is 0.369 e. The summed E-state index contributed by atoms with van der Waals surface area (Å²) in [5.74, 6) is 0.309. The van der Waals surface area contributed by atoms with Gasteiger partial charge in [0.05, 0.1) is 6.54 Å². The Labute approximate surface area is 134 Å². The van der Waals surface area contributed by atoms with Crippen molar-refractivity contribution in [3.63, 3.8) is 0 Å². The van der Waals surface area contributed by atoms with E-state index >= 15 is 0 Å². The lowest BCUT2D eigenvalue weighted by Crippen LogP contribution is -2.60. The Kier molecular flexibility index (Phi) is 4.49. The van der Waals surface area contributed by atoms with Crippen molar-refractivity contribution in [2.75, 3.05) is 38.0 Å². The number of hydrogen-bond donors (Lipinski definition) is 1. The lowest BCUT2D eigenvalue weighted by Gasteiger charge is -2.44. The normalized spacial score (nSPS) is 18.6. The highest BCUT2D eigenvalue weighted by atomic mass is 19.1. The number of carbonyl (C=O) groups excluding carboxylic acids is 1. The van der Waals surface area contributed by atoms with Crippen LogP contribution in [0.3, 0.4) is 0 Å². The lowest BCUT2D eigenvalue weighted by molar-refractivity contribution is 0.0333. The zero-order chi connectivity index (χ0) is 16.4. The molecule has 122 valence electrons. The topological polar surface area (TPSA) is 35.6 Å². The van der Waals surface area contributed by atoms with Crippen LogP contribution in [-0.4, -0.2) is 54.5 Å². The number of amides is 1. The minimum atomic E-state index is -0.805. The quantitative estimate of drug-likeness (QED) is 0.862. The van der Waals surface area contributed by atoms with Crippen LogP contribution in [-0.2, 0) is 0 Å². The van der Waals surface area contributed by atoms with E-state index in [2.05, 4.69) is 16.1 Å². The lowest BCUT2D eigenvalue weighted by atomic mass is 10.0. The van der Waals surface area contributed by atoms with Crippen LogP contribution in [0.1, 0.15) is 23.2 Å². The molecular formula is C17H19F2N3O. The van der Waals surface area contributed by atoms with Gasteiger partial charge in [-0.15, -0.1) is 6.42 Å². The molecule has 2 aliphatic rings. The first-order valence-electron chi connectivity index (χ1n) is 7.80. The first-order valence-corrected chi connectivity index (χ1v) is 7.80. The maximum atomic E-state index is 14.0. The number of benzene rings is 1. The van der Waals surface area contributed by atoms with Crippen LogP contribution in [0.25, 0.3) is 0 Å². The molecule has 4 nitrogen and oxygen atoms in total. The molecule has 0 bridgehead atoms. The van der Waals surface area contributed by atoms with Gasteiger partial charge in [0.2, 0.25) is 0 Å². The maximum Gasteiger partial charge on any atom is 0.254 e. The molecule has 0 radical (unpaired) electrons. The average molecular weight is 319 g/mol. The maximum absolute atomic E-state index is 14.0. The van der Waals surface area contributed by atoms with E-state index < -0.39 is 11.6 Å². The molecule has 0 atom stereocenters. The minimum Gasteiger partial charge on any atom is -0.369 e. The second-order valence-electron chi connectivity index (χ2n) is 5.98. The highest BCUT2D eigenvalue weighted by molar-refractivity contribution is 5.95. The highest BCUT2D eigenvalue weighted by Gasteiger charge is 2.36. The van der Waals surface area contributed by atoms with Crippen molar-refractivity contribution in [2.24, 2.45) is 0 Å². The number of terminal acetylenes is 1. The predicted molar refractivity (Wildman–Crippen MR) is 84.2 cm³/mol. The van der Waals surface area contributed by atoms with Crippen molar-refractivity contribution >= 4 is 11.6 Å². The molecule has 0 aromatic heterocycles. The molecular weight excluding hydrogens is 300 g/mol. The molecule has 3 rings (SSSR count). The van der Waals surface area contributed by atoms with Gasteiger partial charge in [-0.25, -0.2) is 8.78 Å². The fraction of sp³-hybridized carbons (Fsp3) is 0.471. The third-order valence-electron chi connectivity index (χ3n) is 4.46. The Morgan fingerprint density at radius 1 is 1.26 bits per heavy atom. The Bertz CT molecular complexity index is 621. The van der Waals surface area contributed by atoms with E-state index in [1.165, 1.54) is 12.8 Å². The molecule has 0 saturated carbocycles.